The van der Waals surface area contributed by atoms with E-state index in [0.717, 1.165) is 17.7 Å². The number of ether oxygens (including phenoxy) is 1. The van der Waals surface area contributed by atoms with Crippen molar-refractivity contribution in [3.63, 3.8) is 0 Å². The van der Waals surface area contributed by atoms with Crippen molar-refractivity contribution in [2.24, 2.45) is 0 Å². The molecule has 0 atom stereocenters. The maximum Gasteiger partial charge on any atom is 0.211 e. The number of sulfonamides is 1. The van der Waals surface area contributed by atoms with Crippen LogP contribution < -0.4 is 9.46 Å². The first-order chi connectivity index (χ1) is 11.1. The summed E-state index contributed by atoms with van der Waals surface area (Å²) in [6.07, 6.45) is 2.07. The molecule has 0 aliphatic rings. The predicted molar refractivity (Wildman–Crippen MR) is 93.3 cm³/mol. The Kier molecular flexibility index (Phi) is 6.62. The number of hydrogen-bond donors (Lipinski definition) is 1. The van der Waals surface area contributed by atoms with E-state index in [1.54, 1.807) is 7.11 Å². The first kappa shape index (κ1) is 17.5. The highest BCUT2D eigenvalue weighted by Crippen LogP contribution is 2.11. The summed E-state index contributed by atoms with van der Waals surface area (Å²) in [6.45, 7) is 0.417. The SMILES string of the molecule is COc1ccc(CCNS(=O)(=O)CCCc2ccccc2)cc1. The van der Waals surface area contributed by atoms with Crippen molar-refractivity contribution in [1.82, 2.24) is 4.72 Å². The van der Waals surface area contributed by atoms with Crippen LogP contribution in [0.2, 0.25) is 0 Å². The van der Waals surface area contributed by atoms with Gasteiger partial charge >= 0.3 is 0 Å². The Bertz CT molecular complexity index is 682. The zero-order valence-electron chi connectivity index (χ0n) is 13.4. The van der Waals surface area contributed by atoms with E-state index in [1.807, 2.05) is 54.6 Å². The third kappa shape index (κ3) is 6.42. The van der Waals surface area contributed by atoms with E-state index < -0.39 is 10.0 Å². The first-order valence-electron chi connectivity index (χ1n) is 7.73. The molecule has 0 radical (unpaired) electrons. The van der Waals surface area contributed by atoms with E-state index in [0.29, 0.717) is 19.4 Å². The molecule has 0 bridgehead atoms. The van der Waals surface area contributed by atoms with Crippen molar-refractivity contribution in [2.75, 3.05) is 19.4 Å². The lowest BCUT2D eigenvalue weighted by atomic mass is 10.1. The molecule has 0 aliphatic carbocycles. The quantitative estimate of drug-likeness (QED) is 0.768. The molecule has 0 aliphatic heterocycles. The molecular weight excluding hydrogens is 310 g/mol. The molecule has 0 aromatic heterocycles. The summed E-state index contributed by atoms with van der Waals surface area (Å²) in [5.41, 5.74) is 2.25. The van der Waals surface area contributed by atoms with Crippen LogP contribution in [0.3, 0.4) is 0 Å². The Labute approximate surface area is 138 Å². The molecule has 0 amide bonds. The van der Waals surface area contributed by atoms with E-state index in [-0.39, 0.29) is 5.75 Å². The Hall–Kier alpha value is -1.85. The molecule has 2 aromatic rings. The van der Waals surface area contributed by atoms with Gasteiger partial charge in [0.15, 0.2) is 0 Å². The molecule has 23 heavy (non-hydrogen) atoms. The Balaban J connectivity index is 1.71. The molecule has 0 fully saturated rings. The summed E-state index contributed by atoms with van der Waals surface area (Å²) in [4.78, 5) is 0. The van der Waals surface area contributed by atoms with Gasteiger partial charge in [-0.25, -0.2) is 13.1 Å². The molecule has 5 heteroatoms. The molecule has 2 aromatic carbocycles. The molecule has 0 saturated carbocycles. The predicted octanol–water partition coefficient (Wildman–Crippen LogP) is 2.79. The second kappa shape index (κ2) is 8.70. The van der Waals surface area contributed by atoms with Crippen LogP contribution in [-0.4, -0.2) is 27.8 Å². The third-order valence-corrected chi connectivity index (χ3v) is 5.09. The zero-order chi connectivity index (χ0) is 16.5. The highest BCUT2D eigenvalue weighted by atomic mass is 32.2. The fraction of sp³-hybridized carbons (Fsp3) is 0.333. The normalized spacial score (nSPS) is 11.3. The van der Waals surface area contributed by atoms with Crippen molar-refractivity contribution >= 4 is 10.0 Å². The van der Waals surface area contributed by atoms with E-state index in [2.05, 4.69) is 4.72 Å². The standard InChI is InChI=1S/C18H23NO3S/c1-22-18-11-9-17(10-12-18)13-14-19-23(20,21)15-5-8-16-6-3-2-4-7-16/h2-4,6-7,9-12,19H,5,8,13-15H2,1H3. The van der Waals surface area contributed by atoms with Gasteiger partial charge in [-0.2, -0.15) is 0 Å². The number of aryl methyl sites for hydroxylation is 1. The highest BCUT2D eigenvalue weighted by molar-refractivity contribution is 7.89. The van der Waals surface area contributed by atoms with E-state index in [4.69, 9.17) is 4.74 Å². The molecule has 124 valence electrons. The second-order valence-electron chi connectivity index (χ2n) is 5.40. The molecule has 2 rings (SSSR count). The van der Waals surface area contributed by atoms with Crippen LogP contribution in [-0.2, 0) is 22.9 Å². The van der Waals surface area contributed by atoms with Crippen LogP contribution in [0.1, 0.15) is 17.5 Å². The van der Waals surface area contributed by atoms with Gasteiger partial charge in [-0.3, -0.25) is 0 Å². The van der Waals surface area contributed by atoms with Gasteiger partial charge in [-0.1, -0.05) is 42.5 Å². The monoisotopic (exact) mass is 333 g/mol. The van der Waals surface area contributed by atoms with Gasteiger partial charge < -0.3 is 4.74 Å². The molecule has 0 heterocycles. The highest BCUT2D eigenvalue weighted by Gasteiger charge is 2.09. The lowest BCUT2D eigenvalue weighted by Crippen LogP contribution is -2.28. The van der Waals surface area contributed by atoms with Crippen LogP contribution in [0, 0.1) is 0 Å². The second-order valence-corrected chi connectivity index (χ2v) is 7.33. The van der Waals surface area contributed by atoms with Crippen LogP contribution >= 0.6 is 0 Å². The van der Waals surface area contributed by atoms with E-state index >= 15 is 0 Å². The van der Waals surface area contributed by atoms with Crippen molar-refractivity contribution in [2.45, 2.75) is 19.3 Å². The Morgan fingerprint density at radius 3 is 2.22 bits per heavy atom. The Morgan fingerprint density at radius 2 is 1.57 bits per heavy atom. The van der Waals surface area contributed by atoms with E-state index in [9.17, 15) is 8.42 Å². The smallest absolute Gasteiger partial charge is 0.211 e. The summed E-state index contributed by atoms with van der Waals surface area (Å²) in [7, 11) is -1.59. The molecule has 1 N–H and O–H groups in total. The summed E-state index contributed by atoms with van der Waals surface area (Å²) in [5.74, 6) is 0.958. The largest absolute Gasteiger partial charge is 0.497 e. The van der Waals surface area contributed by atoms with Gasteiger partial charge in [0, 0.05) is 6.54 Å². The molecular formula is C18H23NO3S. The average molecular weight is 333 g/mol. The van der Waals surface area contributed by atoms with Crippen LogP contribution in [0.5, 0.6) is 5.75 Å². The number of benzene rings is 2. The summed E-state index contributed by atoms with van der Waals surface area (Å²) >= 11 is 0. The van der Waals surface area contributed by atoms with Gasteiger partial charge in [0.1, 0.15) is 5.75 Å². The van der Waals surface area contributed by atoms with Gasteiger partial charge in [-0.05, 0) is 42.5 Å². The van der Waals surface area contributed by atoms with Gasteiger partial charge in [-0.15, -0.1) is 0 Å². The van der Waals surface area contributed by atoms with Gasteiger partial charge in [0.25, 0.3) is 0 Å². The van der Waals surface area contributed by atoms with Gasteiger partial charge in [0.2, 0.25) is 10.0 Å². The molecule has 0 spiro atoms. The number of rotatable bonds is 9. The number of hydrogen-bond acceptors (Lipinski definition) is 3. The fourth-order valence-corrected chi connectivity index (χ4v) is 3.41. The molecule has 0 unspecified atom stereocenters. The molecule has 4 nitrogen and oxygen atoms in total. The maximum atomic E-state index is 12.0. The minimum atomic E-state index is -3.21. The lowest BCUT2D eigenvalue weighted by Gasteiger charge is -2.07. The van der Waals surface area contributed by atoms with Crippen LogP contribution in [0.4, 0.5) is 0 Å². The van der Waals surface area contributed by atoms with Gasteiger partial charge in [0.05, 0.1) is 12.9 Å². The third-order valence-electron chi connectivity index (χ3n) is 3.62. The Morgan fingerprint density at radius 1 is 0.913 bits per heavy atom. The van der Waals surface area contributed by atoms with Crippen molar-refractivity contribution in [3.8, 4) is 5.75 Å². The zero-order valence-corrected chi connectivity index (χ0v) is 14.2. The summed E-state index contributed by atoms with van der Waals surface area (Å²) in [5, 5.41) is 0. The minimum absolute atomic E-state index is 0.157. The summed E-state index contributed by atoms with van der Waals surface area (Å²) in [6, 6.07) is 17.6. The minimum Gasteiger partial charge on any atom is -0.497 e. The van der Waals surface area contributed by atoms with Crippen LogP contribution in [0.15, 0.2) is 54.6 Å². The number of methoxy groups -OCH3 is 1. The number of nitrogens with one attached hydrogen (secondary N) is 1. The lowest BCUT2D eigenvalue weighted by molar-refractivity contribution is 0.414. The average Bonchev–Trinajstić information content (AvgIpc) is 2.56. The van der Waals surface area contributed by atoms with Crippen molar-refractivity contribution < 1.29 is 13.2 Å². The van der Waals surface area contributed by atoms with E-state index in [1.165, 1.54) is 5.56 Å². The topological polar surface area (TPSA) is 55.4 Å². The summed E-state index contributed by atoms with van der Waals surface area (Å²) < 4.78 is 31.7. The van der Waals surface area contributed by atoms with Crippen LogP contribution in [0.25, 0.3) is 0 Å². The van der Waals surface area contributed by atoms with Crippen molar-refractivity contribution in [3.05, 3.63) is 65.7 Å². The molecule has 0 saturated heterocycles. The van der Waals surface area contributed by atoms with Crippen molar-refractivity contribution in [1.29, 1.82) is 0 Å². The fourth-order valence-electron chi connectivity index (χ4n) is 2.33. The first-order valence-corrected chi connectivity index (χ1v) is 9.38. The maximum absolute atomic E-state index is 12.0.